The van der Waals surface area contributed by atoms with Crippen LogP contribution in [0.3, 0.4) is 0 Å². The van der Waals surface area contributed by atoms with Gasteiger partial charge in [-0.05, 0) is 33.0 Å². The summed E-state index contributed by atoms with van der Waals surface area (Å²) in [5, 5.41) is 5.91. The molecule has 1 heterocycles. The van der Waals surface area contributed by atoms with Gasteiger partial charge in [-0.15, -0.1) is 0 Å². The Bertz CT molecular complexity index is 547. The lowest BCUT2D eigenvalue weighted by molar-refractivity contribution is -0.125. The van der Waals surface area contributed by atoms with E-state index in [0.29, 0.717) is 18.8 Å². The number of benzene rings is 1. The summed E-state index contributed by atoms with van der Waals surface area (Å²) in [5.74, 6) is 0.500. The summed E-state index contributed by atoms with van der Waals surface area (Å²) < 4.78 is 5.57. The van der Waals surface area contributed by atoms with Crippen molar-refractivity contribution in [1.29, 1.82) is 0 Å². The van der Waals surface area contributed by atoms with Crippen molar-refractivity contribution in [3.8, 4) is 5.75 Å². The zero-order chi connectivity index (χ0) is 16.1. The smallest absolute Gasteiger partial charge is 0.267 e. The summed E-state index contributed by atoms with van der Waals surface area (Å²) in [6.07, 6.45) is -0.259. The molecule has 120 valence electrons. The van der Waals surface area contributed by atoms with Crippen molar-refractivity contribution in [2.75, 3.05) is 25.0 Å². The van der Waals surface area contributed by atoms with Crippen LogP contribution in [0.25, 0.3) is 0 Å². The Labute approximate surface area is 130 Å². The molecule has 6 heteroatoms. The number of amides is 2. The minimum Gasteiger partial charge on any atom is -0.479 e. The molecule has 0 spiro atoms. The molecule has 1 aliphatic rings. The first-order chi connectivity index (χ1) is 10.5. The van der Waals surface area contributed by atoms with Crippen LogP contribution in [0, 0.1) is 0 Å². The molecule has 0 aliphatic carbocycles. The van der Waals surface area contributed by atoms with Crippen LogP contribution in [0.5, 0.6) is 5.75 Å². The van der Waals surface area contributed by atoms with E-state index in [1.807, 2.05) is 38.2 Å². The van der Waals surface area contributed by atoms with E-state index < -0.39 is 6.10 Å². The Balaban J connectivity index is 1.97. The van der Waals surface area contributed by atoms with Gasteiger partial charge in [0, 0.05) is 25.6 Å². The van der Waals surface area contributed by atoms with Crippen molar-refractivity contribution in [3.05, 3.63) is 24.3 Å². The Morgan fingerprint density at radius 1 is 1.41 bits per heavy atom. The van der Waals surface area contributed by atoms with Crippen LogP contribution in [0.2, 0.25) is 0 Å². The number of hydrogen-bond donors (Lipinski definition) is 2. The number of carbonyl (C=O) groups is 2. The van der Waals surface area contributed by atoms with Crippen LogP contribution in [-0.4, -0.2) is 44.1 Å². The van der Waals surface area contributed by atoms with E-state index in [1.54, 1.807) is 11.8 Å². The molecule has 0 fully saturated rings. The highest BCUT2D eigenvalue weighted by Crippen LogP contribution is 2.33. The zero-order valence-electron chi connectivity index (χ0n) is 13.3. The predicted octanol–water partition coefficient (Wildman–Crippen LogP) is 0.915. The number of likely N-dealkylation sites (N-methyl/N-ethyl adjacent to an activating group) is 1. The quantitative estimate of drug-likeness (QED) is 0.820. The number of fused-ring (bicyclic) bond motifs is 1. The van der Waals surface area contributed by atoms with Gasteiger partial charge in [-0.3, -0.25) is 9.59 Å². The average molecular weight is 305 g/mol. The molecule has 2 rings (SSSR count). The number of ether oxygens (including phenoxy) is 1. The number of nitrogens with zero attached hydrogens (tertiary/aromatic N) is 1. The van der Waals surface area contributed by atoms with Crippen molar-refractivity contribution >= 4 is 17.5 Å². The highest BCUT2D eigenvalue weighted by atomic mass is 16.5. The summed E-state index contributed by atoms with van der Waals surface area (Å²) in [4.78, 5) is 25.8. The molecule has 1 aliphatic heterocycles. The summed E-state index contributed by atoms with van der Waals surface area (Å²) in [6, 6.07) is 7.60. The van der Waals surface area contributed by atoms with Crippen molar-refractivity contribution in [3.63, 3.8) is 0 Å². The van der Waals surface area contributed by atoms with Crippen LogP contribution < -0.4 is 20.3 Å². The Morgan fingerprint density at radius 2 is 2.14 bits per heavy atom. The maximum atomic E-state index is 12.3. The number of carbonyl (C=O) groups excluding carboxylic acids is 2. The van der Waals surface area contributed by atoms with Crippen LogP contribution in [-0.2, 0) is 9.59 Å². The van der Waals surface area contributed by atoms with E-state index >= 15 is 0 Å². The summed E-state index contributed by atoms with van der Waals surface area (Å²) in [5.41, 5.74) is 0.724. The molecule has 22 heavy (non-hydrogen) atoms. The number of para-hydroxylation sites is 2. The fourth-order valence-electron chi connectivity index (χ4n) is 2.26. The number of hydrogen-bond acceptors (Lipinski definition) is 4. The largest absolute Gasteiger partial charge is 0.479 e. The first kappa shape index (κ1) is 16.3. The standard InChI is InChI=1S/C16H23N3O3/c1-11(17-3)10-18-15(20)8-9-19-13-6-4-5-7-14(13)22-12(2)16(19)21/h4-7,11-12,17H,8-10H2,1-3H3,(H,18,20). The molecular weight excluding hydrogens is 282 g/mol. The molecule has 6 nitrogen and oxygen atoms in total. The highest BCUT2D eigenvalue weighted by Gasteiger charge is 2.31. The van der Waals surface area contributed by atoms with Gasteiger partial charge in [-0.1, -0.05) is 12.1 Å². The number of anilines is 1. The Morgan fingerprint density at radius 3 is 2.86 bits per heavy atom. The molecule has 0 saturated heterocycles. The summed E-state index contributed by atoms with van der Waals surface area (Å²) in [6.45, 7) is 4.63. The van der Waals surface area contributed by atoms with Crippen molar-refractivity contribution < 1.29 is 14.3 Å². The van der Waals surface area contributed by atoms with Crippen molar-refractivity contribution in [1.82, 2.24) is 10.6 Å². The third-order valence-corrected chi connectivity index (χ3v) is 3.73. The molecule has 0 bridgehead atoms. The molecule has 1 aromatic rings. The van der Waals surface area contributed by atoms with Crippen LogP contribution in [0.1, 0.15) is 20.3 Å². The monoisotopic (exact) mass is 305 g/mol. The van der Waals surface area contributed by atoms with Gasteiger partial charge in [0.1, 0.15) is 5.75 Å². The highest BCUT2D eigenvalue weighted by molar-refractivity contribution is 6.00. The maximum absolute atomic E-state index is 12.3. The first-order valence-electron chi connectivity index (χ1n) is 7.54. The van der Waals surface area contributed by atoms with Gasteiger partial charge in [0.05, 0.1) is 5.69 Å². The molecule has 2 N–H and O–H groups in total. The topological polar surface area (TPSA) is 70.7 Å². The van der Waals surface area contributed by atoms with Crippen LogP contribution in [0.4, 0.5) is 5.69 Å². The van der Waals surface area contributed by atoms with Gasteiger partial charge in [0.2, 0.25) is 5.91 Å². The molecule has 0 aromatic heterocycles. The third-order valence-electron chi connectivity index (χ3n) is 3.73. The molecule has 0 radical (unpaired) electrons. The van der Waals surface area contributed by atoms with E-state index in [4.69, 9.17) is 4.74 Å². The van der Waals surface area contributed by atoms with Gasteiger partial charge >= 0.3 is 0 Å². The minimum absolute atomic E-state index is 0.0634. The van der Waals surface area contributed by atoms with Crippen molar-refractivity contribution in [2.24, 2.45) is 0 Å². The van der Waals surface area contributed by atoms with Gasteiger partial charge in [0.25, 0.3) is 5.91 Å². The normalized spacial score (nSPS) is 18.4. The molecule has 1 aromatic carbocycles. The van der Waals surface area contributed by atoms with E-state index in [0.717, 1.165) is 5.69 Å². The summed E-state index contributed by atoms with van der Waals surface area (Å²) in [7, 11) is 1.85. The maximum Gasteiger partial charge on any atom is 0.267 e. The fourth-order valence-corrected chi connectivity index (χ4v) is 2.26. The molecule has 0 saturated carbocycles. The van der Waals surface area contributed by atoms with Crippen LogP contribution >= 0.6 is 0 Å². The second-order valence-electron chi connectivity index (χ2n) is 5.46. The Kier molecular flexibility index (Phi) is 5.38. The van der Waals surface area contributed by atoms with E-state index in [1.165, 1.54) is 0 Å². The van der Waals surface area contributed by atoms with Gasteiger partial charge in [0.15, 0.2) is 6.10 Å². The van der Waals surface area contributed by atoms with E-state index in [2.05, 4.69) is 10.6 Å². The van der Waals surface area contributed by atoms with Gasteiger partial charge < -0.3 is 20.3 Å². The predicted molar refractivity (Wildman–Crippen MR) is 85.0 cm³/mol. The fraction of sp³-hybridized carbons (Fsp3) is 0.500. The molecule has 2 atom stereocenters. The number of rotatable bonds is 6. The summed E-state index contributed by atoms with van der Waals surface area (Å²) >= 11 is 0. The lowest BCUT2D eigenvalue weighted by atomic mass is 10.1. The Hall–Kier alpha value is -2.08. The van der Waals surface area contributed by atoms with Crippen LogP contribution in [0.15, 0.2) is 24.3 Å². The number of nitrogens with one attached hydrogen (secondary N) is 2. The lowest BCUT2D eigenvalue weighted by Gasteiger charge is -2.32. The second kappa shape index (κ2) is 7.26. The minimum atomic E-state index is -0.526. The van der Waals surface area contributed by atoms with E-state index in [-0.39, 0.29) is 24.3 Å². The van der Waals surface area contributed by atoms with E-state index in [9.17, 15) is 9.59 Å². The van der Waals surface area contributed by atoms with Gasteiger partial charge in [-0.25, -0.2) is 0 Å². The van der Waals surface area contributed by atoms with Gasteiger partial charge in [-0.2, -0.15) is 0 Å². The second-order valence-corrected chi connectivity index (χ2v) is 5.46. The third kappa shape index (κ3) is 3.76. The van der Waals surface area contributed by atoms with Crippen molar-refractivity contribution in [2.45, 2.75) is 32.4 Å². The SMILES string of the molecule is CNC(C)CNC(=O)CCN1C(=O)C(C)Oc2ccccc21. The average Bonchev–Trinajstić information content (AvgIpc) is 2.53. The molecule has 2 amide bonds. The first-order valence-corrected chi connectivity index (χ1v) is 7.54. The lowest BCUT2D eigenvalue weighted by Crippen LogP contribution is -2.46. The molecular formula is C16H23N3O3. The molecule has 2 unspecified atom stereocenters. The zero-order valence-corrected chi connectivity index (χ0v) is 13.3.